The summed E-state index contributed by atoms with van der Waals surface area (Å²) in [6.07, 6.45) is 0. The van der Waals surface area contributed by atoms with Gasteiger partial charge in [0.1, 0.15) is 12.6 Å². The maximum atomic E-state index is 13.1. The lowest BCUT2D eigenvalue weighted by atomic mass is 10.00. The van der Waals surface area contributed by atoms with Gasteiger partial charge in [0.15, 0.2) is 0 Å². The van der Waals surface area contributed by atoms with Crippen LogP contribution in [0.4, 0.5) is 5.69 Å². The largest absolute Gasteiger partial charge is 0.461 e. The van der Waals surface area contributed by atoms with E-state index in [1.54, 1.807) is 37.3 Å². The first-order valence-corrected chi connectivity index (χ1v) is 11.5. The predicted molar refractivity (Wildman–Crippen MR) is 136 cm³/mol. The van der Waals surface area contributed by atoms with Gasteiger partial charge in [-0.05, 0) is 36.2 Å². The molecular formula is C27H24N4O6. The Hall–Kier alpha value is -4.83. The van der Waals surface area contributed by atoms with Crippen molar-refractivity contribution >= 4 is 34.4 Å². The van der Waals surface area contributed by atoms with Crippen molar-refractivity contribution in [3.63, 3.8) is 0 Å². The smallest absolute Gasteiger partial charge is 0.362 e. The van der Waals surface area contributed by atoms with E-state index in [0.717, 1.165) is 5.56 Å². The number of esters is 2. The fourth-order valence-electron chi connectivity index (χ4n) is 3.72. The van der Waals surface area contributed by atoms with Crippen molar-refractivity contribution in [1.29, 1.82) is 0 Å². The number of carbonyl (C=O) groups is 3. The molecule has 4 N–H and O–H groups in total. The predicted octanol–water partition coefficient (Wildman–Crippen LogP) is 3.10. The molecule has 4 rings (SSSR count). The summed E-state index contributed by atoms with van der Waals surface area (Å²) in [6.45, 7) is 1.74. The Labute approximate surface area is 211 Å². The highest BCUT2D eigenvalue weighted by molar-refractivity contribution is 6.05. The topological polar surface area (TPSA) is 153 Å². The molecule has 0 saturated carbocycles. The molecule has 0 unspecified atom stereocenters. The third-order valence-corrected chi connectivity index (χ3v) is 5.53. The van der Waals surface area contributed by atoms with E-state index in [9.17, 15) is 19.2 Å². The highest BCUT2D eigenvalue weighted by atomic mass is 16.5. The molecule has 0 radical (unpaired) electrons. The Morgan fingerprint density at radius 3 is 2.43 bits per heavy atom. The van der Waals surface area contributed by atoms with Crippen molar-refractivity contribution in [2.45, 2.75) is 19.6 Å². The van der Waals surface area contributed by atoms with Crippen LogP contribution in [0.2, 0.25) is 0 Å². The Morgan fingerprint density at radius 1 is 0.946 bits per heavy atom. The molecule has 0 bridgehead atoms. The molecule has 1 amide bonds. The summed E-state index contributed by atoms with van der Waals surface area (Å²) in [5.74, 6) is -2.19. The summed E-state index contributed by atoms with van der Waals surface area (Å²) in [5.41, 5.74) is 6.72. The number of nitrogens with zero attached hydrogens (tertiary/aromatic N) is 1. The number of H-pyrrole nitrogens is 1. The molecule has 10 heteroatoms. The van der Waals surface area contributed by atoms with Crippen LogP contribution in [0.1, 0.15) is 44.9 Å². The Morgan fingerprint density at radius 2 is 1.68 bits per heavy atom. The molecule has 0 saturated heterocycles. The molecule has 3 aromatic carbocycles. The molecule has 1 atom stereocenters. The minimum atomic E-state index is -1.26. The average molecular weight is 501 g/mol. The van der Waals surface area contributed by atoms with Crippen LogP contribution in [0, 0.1) is 0 Å². The number of nitrogens with two attached hydrogens (primary N) is 1. The molecule has 37 heavy (non-hydrogen) atoms. The van der Waals surface area contributed by atoms with Gasteiger partial charge in [-0.15, -0.1) is 0 Å². The lowest BCUT2D eigenvalue weighted by molar-refractivity contribution is -0.117. The fourth-order valence-corrected chi connectivity index (χ4v) is 3.72. The van der Waals surface area contributed by atoms with Crippen LogP contribution in [0.25, 0.3) is 10.9 Å². The van der Waals surface area contributed by atoms with Crippen LogP contribution in [0.15, 0.2) is 77.6 Å². The molecular weight excluding hydrogens is 476 g/mol. The van der Waals surface area contributed by atoms with Gasteiger partial charge >= 0.3 is 11.9 Å². The molecule has 0 spiro atoms. The highest BCUT2D eigenvalue weighted by Crippen LogP contribution is 2.23. The second-order valence-electron chi connectivity index (χ2n) is 7.97. The van der Waals surface area contributed by atoms with Crippen LogP contribution in [-0.4, -0.2) is 34.7 Å². The molecule has 0 aliphatic rings. The molecule has 4 aromatic rings. The number of hydrogen-bond donors (Lipinski definition) is 3. The van der Waals surface area contributed by atoms with Gasteiger partial charge in [0, 0.05) is 0 Å². The number of fused-ring (bicyclic) bond motifs is 1. The average Bonchev–Trinajstić information content (AvgIpc) is 2.92. The molecule has 1 aromatic heterocycles. The van der Waals surface area contributed by atoms with Crippen LogP contribution < -0.4 is 16.5 Å². The van der Waals surface area contributed by atoms with Crippen molar-refractivity contribution < 1.29 is 23.9 Å². The number of aromatic nitrogens is 2. The third kappa shape index (κ3) is 5.54. The van der Waals surface area contributed by atoms with E-state index in [1.165, 1.54) is 12.1 Å². The monoisotopic (exact) mass is 500 g/mol. The van der Waals surface area contributed by atoms with E-state index in [4.69, 9.17) is 15.2 Å². The first-order valence-electron chi connectivity index (χ1n) is 11.5. The van der Waals surface area contributed by atoms with Gasteiger partial charge < -0.3 is 20.5 Å². The molecule has 188 valence electrons. The van der Waals surface area contributed by atoms with Gasteiger partial charge in [0.05, 0.1) is 28.8 Å². The lowest BCUT2D eigenvalue weighted by Gasteiger charge is -2.17. The summed E-state index contributed by atoms with van der Waals surface area (Å²) in [6, 6.07) is 19.0. The fraction of sp³-hybridized carbons (Fsp3) is 0.148. The number of hydrogen-bond acceptors (Lipinski definition) is 8. The summed E-state index contributed by atoms with van der Waals surface area (Å²) >= 11 is 0. The standard InChI is InChI=1S/C27H24N4O6/c1-2-36-27(35)23-24(32)21-19(13-8-14-20(21)30-31-23)29-25(33)22(28)17-11-6-7-12-18(17)26(34)37-15-16-9-4-3-5-10-16/h3-14,22H,2,15,28H2,1H3,(H,29,33)(H,30,32)/t22-/m1/s1. The van der Waals surface area contributed by atoms with Gasteiger partial charge in [-0.3, -0.25) is 14.7 Å². The van der Waals surface area contributed by atoms with Gasteiger partial charge in [0.25, 0.3) is 0 Å². The summed E-state index contributed by atoms with van der Waals surface area (Å²) in [7, 11) is 0. The van der Waals surface area contributed by atoms with Crippen molar-refractivity contribution in [3.8, 4) is 0 Å². The number of benzene rings is 3. The quantitative estimate of drug-likeness (QED) is 0.312. The molecule has 0 aliphatic carbocycles. The normalized spacial score (nSPS) is 11.5. The summed E-state index contributed by atoms with van der Waals surface area (Å²) < 4.78 is 10.3. The van der Waals surface area contributed by atoms with E-state index in [0.29, 0.717) is 5.52 Å². The van der Waals surface area contributed by atoms with Gasteiger partial charge in [0.2, 0.25) is 17.0 Å². The molecule has 10 nitrogen and oxygen atoms in total. The van der Waals surface area contributed by atoms with E-state index in [1.807, 2.05) is 30.3 Å². The van der Waals surface area contributed by atoms with Crippen LogP contribution in [0.5, 0.6) is 0 Å². The number of aromatic amines is 1. The minimum absolute atomic E-state index is 0.0386. The molecule has 1 heterocycles. The zero-order valence-electron chi connectivity index (χ0n) is 19.9. The molecule has 0 fully saturated rings. The number of rotatable bonds is 8. The lowest BCUT2D eigenvalue weighted by Crippen LogP contribution is -2.30. The van der Waals surface area contributed by atoms with E-state index in [-0.39, 0.29) is 35.4 Å². The number of ether oxygens (including phenoxy) is 2. The first-order chi connectivity index (χ1) is 17.9. The second-order valence-corrected chi connectivity index (χ2v) is 7.97. The minimum Gasteiger partial charge on any atom is -0.461 e. The second kappa shape index (κ2) is 11.3. The Balaban J connectivity index is 1.59. The van der Waals surface area contributed by atoms with E-state index in [2.05, 4.69) is 15.5 Å². The zero-order chi connectivity index (χ0) is 26.4. The Bertz CT molecular complexity index is 1520. The number of carbonyl (C=O) groups excluding carboxylic acids is 3. The van der Waals surface area contributed by atoms with E-state index >= 15 is 0 Å². The third-order valence-electron chi connectivity index (χ3n) is 5.53. The number of amides is 1. The van der Waals surface area contributed by atoms with Crippen molar-refractivity contribution in [2.24, 2.45) is 5.73 Å². The SMILES string of the molecule is CCOC(=O)c1n[nH]c2cccc(NC(=O)[C@H](N)c3ccccc3C(=O)OCc3ccccc3)c2c1=O. The van der Waals surface area contributed by atoms with Gasteiger partial charge in [-0.1, -0.05) is 54.6 Å². The van der Waals surface area contributed by atoms with Crippen molar-refractivity contribution in [2.75, 3.05) is 11.9 Å². The van der Waals surface area contributed by atoms with E-state index < -0.39 is 35.0 Å². The first kappa shape index (κ1) is 25.3. The van der Waals surface area contributed by atoms with Crippen LogP contribution in [-0.2, 0) is 20.9 Å². The van der Waals surface area contributed by atoms with Gasteiger partial charge in [-0.25, -0.2) is 9.59 Å². The summed E-state index contributed by atoms with van der Waals surface area (Å²) in [5, 5.41) is 9.10. The van der Waals surface area contributed by atoms with Crippen molar-refractivity contribution in [1.82, 2.24) is 10.2 Å². The Kier molecular flexibility index (Phi) is 7.70. The summed E-state index contributed by atoms with van der Waals surface area (Å²) in [4.78, 5) is 51.0. The van der Waals surface area contributed by atoms with Crippen LogP contribution >= 0.6 is 0 Å². The zero-order valence-corrected chi connectivity index (χ0v) is 19.9. The maximum absolute atomic E-state index is 13.1. The van der Waals surface area contributed by atoms with Crippen LogP contribution in [0.3, 0.4) is 0 Å². The van der Waals surface area contributed by atoms with Gasteiger partial charge in [-0.2, -0.15) is 5.10 Å². The molecule has 0 aliphatic heterocycles. The van der Waals surface area contributed by atoms with Crippen molar-refractivity contribution in [3.05, 3.63) is 105 Å². The highest BCUT2D eigenvalue weighted by Gasteiger charge is 2.24. The maximum Gasteiger partial charge on any atom is 0.362 e. The number of nitrogens with one attached hydrogen (secondary N) is 2. The number of anilines is 1.